The second-order valence-electron chi connectivity index (χ2n) is 5.32. The Morgan fingerprint density at radius 1 is 1.36 bits per heavy atom. The molecule has 4 nitrogen and oxygen atoms in total. The summed E-state index contributed by atoms with van der Waals surface area (Å²) in [6.45, 7) is 1.56. The normalized spacial score (nSPS) is 18.2. The molecule has 3 rings (SSSR count). The zero-order valence-corrected chi connectivity index (χ0v) is 12.1. The van der Waals surface area contributed by atoms with Crippen LogP contribution in [0.3, 0.4) is 0 Å². The van der Waals surface area contributed by atoms with E-state index in [1.54, 1.807) is 35.5 Å². The van der Waals surface area contributed by atoms with Crippen LogP contribution in [0.25, 0.3) is 0 Å². The molecular formula is C17H17FN2O2. The van der Waals surface area contributed by atoms with Crippen molar-refractivity contribution in [2.45, 2.75) is 12.5 Å². The van der Waals surface area contributed by atoms with Gasteiger partial charge in [0.1, 0.15) is 5.82 Å². The standard InChI is InChI=1S/C17H17FN2O2/c18-15-5-1-3-13(9-15)10-16-12-20(7-8-22-16)17(21)14-4-2-6-19-11-14/h1-6,9,11,16H,7-8,10,12H2/t16-/m1/s1. The molecule has 1 amide bonds. The molecular weight excluding hydrogens is 283 g/mol. The maximum absolute atomic E-state index is 13.2. The van der Waals surface area contributed by atoms with Crippen LogP contribution in [-0.2, 0) is 11.2 Å². The molecule has 0 unspecified atom stereocenters. The lowest BCUT2D eigenvalue weighted by atomic mass is 10.1. The molecule has 0 aliphatic carbocycles. The topological polar surface area (TPSA) is 42.4 Å². The van der Waals surface area contributed by atoms with Crippen molar-refractivity contribution in [3.8, 4) is 0 Å². The third-order valence-electron chi connectivity index (χ3n) is 3.69. The average Bonchev–Trinajstić information content (AvgIpc) is 2.55. The summed E-state index contributed by atoms with van der Waals surface area (Å²) in [5.74, 6) is -0.294. The first-order chi connectivity index (χ1) is 10.7. The second kappa shape index (κ2) is 6.66. The highest BCUT2D eigenvalue weighted by molar-refractivity contribution is 5.93. The smallest absolute Gasteiger partial charge is 0.255 e. The minimum Gasteiger partial charge on any atom is -0.374 e. The number of hydrogen-bond acceptors (Lipinski definition) is 3. The summed E-state index contributed by atoms with van der Waals surface area (Å²) in [5.41, 5.74) is 1.45. The van der Waals surface area contributed by atoms with Crippen LogP contribution in [-0.4, -0.2) is 41.6 Å². The molecule has 1 aliphatic heterocycles. The van der Waals surface area contributed by atoms with Crippen molar-refractivity contribution < 1.29 is 13.9 Å². The predicted octanol–water partition coefficient (Wildman–Crippen LogP) is 2.30. The first-order valence-electron chi connectivity index (χ1n) is 7.28. The van der Waals surface area contributed by atoms with Gasteiger partial charge in [-0.2, -0.15) is 0 Å². The molecule has 0 saturated carbocycles. The maximum atomic E-state index is 13.2. The monoisotopic (exact) mass is 300 g/mol. The quantitative estimate of drug-likeness (QED) is 0.873. The van der Waals surface area contributed by atoms with Crippen molar-refractivity contribution in [2.24, 2.45) is 0 Å². The van der Waals surface area contributed by atoms with Gasteiger partial charge in [-0.3, -0.25) is 9.78 Å². The fourth-order valence-corrected chi connectivity index (χ4v) is 2.63. The molecule has 0 N–H and O–H groups in total. The fourth-order valence-electron chi connectivity index (χ4n) is 2.63. The molecule has 1 aromatic heterocycles. The van der Waals surface area contributed by atoms with E-state index >= 15 is 0 Å². The van der Waals surface area contributed by atoms with Gasteiger partial charge in [0.2, 0.25) is 0 Å². The van der Waals surface area contributed by atoms with Crippen molar-refractivity contribution in [1.82, 2.24) is 9.88 Å². The molecule has 1 aliphatic rings. The van der Waals surface area contributed by atoms with Crippen molar-refractivity contribution >= 4 is 5.91 Å². The first-order valence-corrected chi connectivity index (χ1v) is 7.28. The molecule has 114 valence electrons. The van der Waals surface area contributed by atoms with Gasteiger partial charge in [0.05, 0.1) is 18.3 Å². The van der Waals surface area contributed by atoms with E-state index < -0.39 is 0 Å². The minimum atomic E-state index is -0.253. The van der Waals surface area contributed by atoms with Crippen LogP contribution in [0.5, 0.6) is 0 Å². The summed E-state index contributed by atoms with van der Waals surface area (Å²) in [5, 5.41) is 0. The van der Waals surface area contributed by atoms with E-state index in [1.807, 2.05) is 6.07 Å². The minimum absolute atomic E-state index is 0.0411. The Labute approximate surface area is 128 Å². The highest BCUT2D eigenvalue weighted by Gasteiger charge is 2.25. The van der Waals surface area contributed by atoms with Gasteiger partial charge in [-0.25, -0.2) is 4.39 Å². The highest BCUT2D eigenvalue weighted by Crippen LogP contribution is 2.15. The van der Waals surface area contributed by atoms with Gasteiger partial charge in [-0.05, 0) is 29.8 Å². The Hall–Kier alpha value is -2.27. The van der Waals surface area contributed by atoms with Gasteiger partial charge in [0.15, 0.2) is 0 Å². The zero-order chi connectivity index (χ0) is 15.4. The first kappa shape index (κ1) is 14.7. The Kier molecular flexibility index (Phi) is 4.44. The van der Waals surface area contributed by atoms with E-state index in [1.165, 1.54) is 12.1 Å². The number of nitrogens with zero attached hydrogens (tertiary/aromatic N) is 2. The van der Waals surface area contributed by atoms with Gasteiger partial charge in [0, 0.05) is 31.9 Å². The van der Waals surface area contributed by atoms with Crippen LogP contribution in [0.15, 0.2) is 48.8 Å². The van der Waals surface area contributed by atoms with E-state index in [2.05, 4.69) is 4.98 Å². The lowest BCUT2D eigenvalue weighted by Gasteiger charge is -2.33. The van der Waals surface area contributed by atoms with Crippen molar-refractivity contribution in [3.05, 3.63) is 65.7 Å². The summed E-state index contributed by atoms with van der Waals surface area (Å²) >= 11 is 0. The Balaban J connectivity index is 1.65. The Bertz CT molecular complexity index is 648. The largest absolute Gasteiger partial charge is 0.374 e. The number of hydrogen-bond donors (Lipinski definition) is 0. The molecule has 2 aromatic rings. The van der Waals surface area contributed by atoms with E-state index in [4.69, 9.17) is 4.74 Å². The molecule has 1 atom stereocenters. The van der Waals surface area contributed by atoms with Gasteiger partial charge < -0.3 is 9.64 Å². The van der Waals surface area contributed by atoms with Crippen LogP contribution in [0.2, 0.25) is 0 Å². The van der Waals surface area contributed by atoms with Crippen LogP contribution < -0.4 is 0 Å². The molecule has 1 fully saturated rings. The third-order valence-corrected chi connectivity index (χ3v) is 3.69. The number of carbonyl (C=O) groups is 1. The summed E-state index contributed by atoms with van der Waals surface area (Å²) in [7, 11) is 0. The summed E-state index contributed by atoms with van der Waals surface area (Å²) in [6, 6.07) is 9.99. The second-order valence-corrected chi connectivity index (χ2v) is 5.32. The average molecular weight is 300 g/mol. The molecule has 0 bridgehead atoms. The van der Waals surface area contributed by atoms with Crippen LogP contribution in [0.1, 0.15) is 15.9 Å². The molecule has 2 heterocycles. The number of carbonyl (C=O) groups excluding carboxylic acids is 1. The number of morpholine rings is 1. The molecule has 22 heavy (non-hydrogen) atoms. The molecule has 1 saturated heterocycles. The summed E-state index contributed by atoms with van der Waals surface area (Å²) in [6.07, 6.45) is 3.69. The van der Waals surface area contributed by atoms with Gasteiger partial charge in [-0.15, -0.1) is 0 Å². The number of halogens is 1. The van der Waals surface area contributed by atoms with E-state index in [0.717, 1.165) is 5.56 Å². The number of ether oxygens (including phenoxy) is 1. The van der Waals surface area contributed by atoms with Crippen molar-refractivity contribution in [1.29, 1.82) is 0 Å². The maximum Gasteiger partial charge on any atom is 0.255 e. The summed E-state index contributed by atoms with van der Waals surface area (Å²) < 4.78 is 18.9. The van der Waals surface area contributed by atoms with Crippen molar-refractivity contribution in [2.75, 3.05) is 19.7 Å². The van der Waals surface area contributed by atoms with E-state index in [0.29, 0.717) is 31.7 Å². The van der Waals surface area contributed by atoms with Crippen LogP contribution >= 0.6 is 0 Å². The van der Waals surface area contributed by atoms with Gasteiger partial charge in [-0.1, -0.05) is 12.1 Å². The SMILES string of the molecule is O=C(c1cccnc1)N1CCO[C@H](Cc2cccc(F)c2)C1. The number of rotatable bonds is 3. The predicted molar refractivity (Wildman–Crippen MR) is 80.0 cm³/mol. The van der Waals surface area contributed by atoms with Crippen LogP contribution in [0, 0.1) is 5.82 Å². The fraction of sp³-hybridized carbons (Fsp3) is 0.294. The number of benzene rings is 1. The Morgan fingerprint density at radius 2 is 2.27 bits per heavy atom. The zero-order valence-electron chi connectivity index (χ0n) is 12.1. The lowest BCUT2D eigenvalue weighted by Crippen LogP contribution is -2.46. The molecule has 5 heteroatoms. The van der Waals surface area contributed by atoms with E-state index in [9.17, 15) is 9.18 Å². The third kappa shape index (κ3) is 3.49. The van der Waals surface area contributed by atoms with Gasteiger partial charge in [0.25, 0.3) is 5.91 Å². The number of aromatic nitrogens is 1. The molecule has 1 aromatic carbocycles. The Morgan fingerprint density at radius 3 is 3.05 bits per heavy atom. The molecule has 0 radical (unpaired) electrons. The van der Waals surface area contributed by atoms with Crippen molar-refractivity contribution in [3.63, 3.8) is 0 Å². The number of amides is 1. The van der Waals surface area contributed by atoms with Crippen LogP contribution in [0.4, 0.5) is 4.39 Å². The number of pyridine rings is 1. The lowest BCUT2D eigenvalue weighted by molar-refractivity contribution is -0.0208. The molecule has 0 spiro atoms. The van der Waals surface area contributed by atoms with Gasteiger partial charge >= 0.3 is 0 Å². The summed E-state index contributed by atoms with van der Waals surface area (Å²) in [4.78, 5) is 18.2. The van der Waals surface area contributed by atoms with E-state index in [-0.39, 0.29) is 17.8 Å². The highest BCUT2D eigenvalue weighted by atomic mass is 19.1.